The SMILES string of the molecule is CC(=O)CCC(N)c1ccc(S(C)(=O)=O)cc1. The van der Waals surface area contributed by atoms with Crippen LogP contribution in [0.2, 0.25) is 0 Å². The van der Waals surface area contributed by atoms with Crippen molar-refractivity contribution in [3.05, 3.63) is 29.8 Å². The number of carbonyl (C=O) groups excluding carboxylic acids is 1. The Bertz CT molecular complexity index is 491. The maximum Gasteiger partial charge on any atom is 0.175 e. The molecule has 0 saturated carbocycles. The highest BCUT2D eigenvalue weighted by atomic mass is 32.2. The van der Waals surface area contributed by atoms with Gasteiger partial charge in [0.2, 0.25) is 0 Å². The lowest BCUT2D eigenvalue weighted by Gasteiger charge is -2.11. The van der Waals surface area contributed by atoms with Gasteiger partial charge in [-0.05, 0) is 31.0 Å². The van der Waals surface area contributed by atoms with E-state index in [0.717, 1.165) is 11.8 Å². The third-order valence-electron chi connectivity index (χ3n) is 2.54. The van der Waals surface area contributed by atoms with Gasteiger partial charge in [0.15, 0.2) is 9.84 Å². The summed E-state index contributed by atoms with van der Waals surface area (Å²) in [4.78, 5) is 11.1. The lowest BCUT2D eigenvalue weighted by atomic mass is 10.0. The van der Waals surface area contributed by atoms with Crippen molar-refractivity contribution >= 4 is 15.6 Å². The standard InChI is InChI=1S/C12H17NO3S/c1-9(14)3-8-12(13)10-4-6-11(7-5-10)17(2,15)16/h4-7,12H,3,8,13H2,1-2H3. The molecule has 17 heavy (non-hydrogen) atoms. The van der Waals surface area contributed by atoms with Crippen LogP contribution in [0.5, 0.6) is 0 Å². The van der Waals surface area contributed by atoms with Crippen molar-refractivity contribution in [2.75, 3.05) is 6.26 Å². The summed E-state index contributed by atoms with van der Waals surface area (Å²) in [6, 6.07) is 6.24. The second-order valence-corrected chi connectivity index (χ2v) is 6.20. The maximum atomic E-state index is 11.3. The van der Waals surface area contributed by atoms with E-state index < -0.39 is 9.84 Å². The summed E-state index contributed by atoms with van der Waals surface area (Å²) in [6.45, 7) is 1.53. The monoisotopic (exact) mass is 255 g/mol. The quantitative estimate of drug-likeness (QED) is 0.864. The van der Waals surface area contributed by atoms with Crippen molar-refractivity contribution in [2.24, 2.45) is 5.73 Å². The fraction of sp³-hybridized carbons (Fsp3) is 0.417. The van der Waals surface area contributed by atoms with Gasteiger partial charge in [0.25, 0.3) is 0 Å². The fourth-order valence-electron chi connectivity index (χ4n) is 1.49. The van der Waals surface area contributed by atoms with Crippen LogP contribution in [0.15, 0.2) is 29.2 Å². The number of hydrogen-bond acceptors (Lipinski definition) is 4. The summed E-state index contributed by atoms with van der Waals surface area (Å²) in [5.41, 5.74) is 6.75. The maximum absolute atomic E-state index is 11.3. The molecule has 0 aliphatic heterocycles. The third-order valence-corrected chi connectivity index (χ3v) is 3.67. The van der Waals surface area contributed by atoms with Crippen LogP contribution >= 0.6 is 0 Å². The first-order valence-electron chi connectivity index (χ1n) is 5.36. The van der Waals surface area contributed by atoms with E-state index in [9.17, 15) is 13.2 Å². The Labute approximate surface area is 102 Å². The molecule has 1 rings (SSSR count). The molecule has 1 atom stereocenters. The van der Waals surface area contributed by atoms with E-state index in [1.807, 2.05) is 0 Å². The Balaban J connectivity index is 2.77. The minimum Gasteiger partial charge on any atom is -0.324 e. The summed E-state index contributed by atoms with van der Waals surface area (Å²) in [6.07, 6.45) is 2.18. The van der Waals surface area contributed by atoms with Gasteiger partial charge >= 0.3 is 0 Å². The largest absolute Gasteiger partial charge is 0.324 e. The Morgan fingerprint density at radius 1 is 1.29 bits per heavy atom. The molecule has 2 N–H and O–H groups in total. The second-order valence-electron chi connectivity index (χ2n) is 4.19. The van der Waals surface area contributed by atoms with E-state index in [4.69, 9.17) is 5.73 Å². The molecule has 0 fully saturated rings. The highest BCUT2D eigenvalue weighted by Crippen LogP contribution is 2.18. The molecule has 0 amide bonds. The minimum atomic E-state index is -3.17. The van der Waals surface area contributed by atoms with Gasteiger partial charge in [0.05, 0.1) is 4.90 Å². The van der Waals surface area contributed by atoms with Gasteiger partial charge in [-0.1, -0.05) is 12.1 Å². The number of ketones is 1. The van der Waals surface area contributed by atoms with Gasteiger partial charge in [0.1, 0.15) is 5.78 Å². The zero-order valence-electron chi connectivity index (χ0n) is 10.0. The Morgan fingerprint density at radius 2 is 1.82 bits per heavy atom. The Kier molecular flexibility index (Phi) is 4.42. The van der Waals surface area contributed by atoms with Crippen LogP contribution in [0, 0.1) is 0 Å². The number of carbonyl (C=O) groups is 1. The van der Waals surface area contributed by atoms with Gasteiger partial charge in [0, 0.05) is 18.7 Å². The molecule has 1 aromatic rings. The Hall–Kier alpha value is -1.20. The summed E-state index contributed by atoms with van der Waals surface area (Å²) in [7, 11) is -3.17. The van der Waals surface area contributed by atoms with Crippen LogP contribution in [0.4, 0.5) is 0 Å². The van der Waals surface area contributed by atoms with Gasteiger partial charge < -0.3 is 10.5 Å². The summed E-state index contributed by atoms with van der Waals surface area (Å²) >= 11 is 0. The van der Waals surface area contributed by atoms with Gasteiger partial charge in [-0.3, -0.25) is 0 Å². The van der Waals surface area contributed by atoms with Gasteiger partial charge in [-0.15, -0.1) is 0 Å². The zero-order chi connectivity index (χ0) is 13.1. The van der Waals surface area contributed by atoms with Crippen molar-refractivity contribution in [3.8, 4) is 0 Å². The van der Waals surface area contributed by atoms with E-state index in [1.54, 1.807) is 12.1 Å². The number of Topliss-reactive ketones (excluding diaryl/α,β-unsaturated/α-hetero) is 1. The second kappa shape index (κ2) is 5.42. The molecule has 0 saturated heterocycles. The molecule has 5 heteroatoms. The van der Waals surface area contributed by atoms with E-state index in [-0.39, 0.29) is 16.7 Å². The predicted molar refractivity (Wildman–Crippen MR) is 66.4 cm³/mol. The van der Waals surface area contributed by atoms with Crippen LogP contribution in [0.3, 0.4) is 0 Å². The number of benzene rings is 1. The van der Waals surface area contributed by atoms with Crippen molar-refractivity contribution in [1.82, 2.24) is 0 Å². The molecule has 1 aromatic carbocycles. The summed E-state index contributed by atoms with van der Waals surface area (Å²) < 4.78 is 22.5. The molecule has 0 aromatic heterocycles. The van der Waals surface area contributed by atoms with Crippen molar-refractivity contribution < 1.29 is 13.2 Å². The molecule has 0 heterocycles. The van der Waals surface area contributed by atoms with Crippen LogP contribution in [-0.4, -0.2) is 20.5 Å². The molecular weight excluding hydrogens is 238 g/mol. The fourth-order valence-corrected chi connectivity index (χ4v) is 2.12. The van der Waals surface area contributed by atoms with Crippen LogP contribution < -0.4 is 5.73 Å². The van der Waals surface area contributed by atoms with E-state index >= 15 is 0 Å². The molecule has 0 aliphatic rings. The van der Waals surface area contributed by atoms with Crippen LogP contribution in [0.1, 0.15) is 31.4 Å². The summed E-state index contributed by atoms with van der Waals surface area (Å²) in [5.74, 6) is 0.105. The molecule has 1 unspecified atom stereocenters. The van der Waals surface area contributed by atoms with Crippen molar-refractivity contribution in [3.63, 3.8) is 0 Å². The first-order chi connectivity index (χ1) is 7.80. The molecule has 0 bridgehead atoms. The number of hydrogen-bond donors (Lipinski definition) is 1. The van der Waals surface area contributed by atoms with Gasteiger partial charge in [-0.2, -0.15) is 0 Å². The van der Waals surface area contributed by atoms with E-state index in [2.05, 4.69) is 0 Å². The normalized spacial score (nSPS) is 13.4. The topological polar surface area (TPSA) is 77.2 Å². The van der Waals surface area contributed by atoms with Crippen molar-refractivity contribution in [2.45, 2.75) is 30.7 Å². The smallest absolute Gasteiger partial charge is 0.175 e. The summed E-state index contributed by atoms with van der Waals surface area (Å²) in [5, 5.41) is 0. The molecule has 0 spiro atoms. The molecule has 0 radical (unpaired) electrons. The minimum absolute atomic E-state index is 0.105. The lowest BCUT2D eigenvalue weighted by molar-refractivity contribution is -0.117. The predicted octanol–water partition coefficient (Wildman–Crippen LogP) is 1.46. The van der Waals surface area contributed by atoms with Crippen LogP contribution in [-0.2, 0) is 14.6 Å². The molecule has 94 valence electrons. The highest BCUT2D eigenvalue weighted by molar-refractivity contribution is 7.90. The van der Waals surface area contributed by atoms with Crippen LogP contribution in [0.25, 0.3) is 0 Å². The number of sulfone groups is 1. The Morgan fingerprint density at radius 3 is 2.24 bits per heavy atom. The van der Waals surface area contributed by atoms with E-state index in [0.29, 0.717) is 12.8 Å². The lowest BCUT2D eigenvalue weighted by Crippen LogP contribution is -2.11. The first kappa shape index (κ1) is 13.9. The average Bonchev–Trinajstić information content (AvgIpc) is 2.25. The van der Waals surface area contributed by atoms with E-state index in [1.165, 1.54) is 19.1 Å². The first-order valence-corrected chi connectivity index (χ1v) is 7.25. The zero-order valence-corrected chi connectivity index (χ0v) is 10.8. The molecule has 0 aliphatic carbocycles. The molecular formula is C12H17NO3S. The van der Waals surface area contributed by atoms with Gasteiger partial charge in [-0.25, -0.2) is 8.42 Å². The van der Waals surface area contributed by atoms with Crippen molar-refractivity contribution in [1.29, 1.82) is 0 Å². The number of nitrogens with two attached hydrogens (primary N) is 1. The average molecular weight is 255 g/mol. The third kappa shape index (κ3) is 4.28. The molecule has 4 nitrogen and oxygen atoms in total. The highest BCUT2D eigenvalue weighted by Gasteiger charge is 2.10. The number of rotatable bonds is 5.